The molecule has 4 rings (SSSR count). The Kier molecular flexibility index (Phi) is 7.91. The molecule has 2 aromatic heterocycles. The number of ketones is 1. The van der Waals surface area contributed by atoms with E-state index in [2.05, 4.69) is 9.97 Å². The van der Waals surface area contributed by atoms with Gasteiger partial charge in [0.15, 0.2) is 11.6 Å². The van der Waals surface area contributed by atoms with E-state index in [0.717, 1.165) is 24.5 Å². The zero-order valence-corrected chi connectivity index (χ0v) is 20.1. The zero-order chi connectivity index (χ0) is 25.8. The zero-order valence-electron chi connectivity index (χ0n) is 20.1. The summed E-state index contributed by atoms with van der Waals surface area (Å²) < 4.78 is 35.0. The fourth-order valence-corrected chi connectivity index (χ4v) is 4.62. The van der Waals surface area contributed by atoms with E-state index in [0.29, 0.717) is 30.8 Å². The molecule has 0 amide bonds. The third kappa shape index (κ3) is 5.52. The number of anilines is 1. The molecule has 3 atom stereocenters. The largest absolute Gasteiger partial charge is 0.494 e. The minimum Gasteiger partial charge on any atom is -0.494 e. The van der Waals surface area contributed by atoms with Gasteiger partial charge in [0, 0.05) is 36.5 Å². The number of rotatable bonds is 8. The maximum absolute atomic E-state index is 14.8. The smallest absolute Gasteiger partial charge is 0.187 e. The van der Waals surface area contributed by atoms with Crippen molar-refractivity contribution in [3.8, 4) is 17.0 Å². The lowest BCUT2D eigenvalue weighted by atomic mass is 9.78. The van der Waals surface area contributed by atoms with Gasteiger partial charge in [0.25, 0.3) is 0 Å². The van der Waals surface area contributed by atoms with Gasteiger partial charge in [0.05, 0.1) is 18.4 Å². The Hall–Kier alpha value is -3.43. The molecule has 1 aromatic carbocycles. The summed E-state index contributed by atoms with van der Waals surface area (Å²) in [6.07, 6.45) is 5.30. The second-order valence-corrected chi connectivity index (χ2v) is 9.16. The Balaban J connectivity index is 1.64. The molecule has 2 heterocycles. The number of pyridine rings is 2. The van der Waals surface area contributed by atoms with Crippen molar-refractivity contribution < 1.29 is 23.4 Å². The lowest BCUT2D eigenvalue weighted by Crippen LogP contribution is -2.39. The molecule has 7 nitrogen and oxygen atoms in total. The molecule has 0 bridgehead atoms. The Morgan fingerprint density at radius 2 is 2.00 bits per heavy atom. The van der Waals surface area contributed by atoms with Gasteiger partial charge in [-0.1, -0.05) is 6.92 Å². The number of carbonyl (C=O) groups is 1. The second-order valence-electron chi connectivity index (χ2n) is 9.16. The third-order valence-electron chi connectivity index (χ3n) is 6.53. The van der Waals surface area contributed by atoms with E-state index in [1.807, 2.05) is 13.0 Å². The van der Waals surface area contributed by atoms with Crippen LogP contribution in [0.3, 0.4) is 0 Å². The van der Waals surface area contributed by atoms with Gasteiger partial charge in [-0.2, -0.15) is 0 Å². The van der Waals surface area contributed by atoms with Gasteiger partial charge in [0.1, 0.15) is 23.0 Å². The number of aliphatic hydroxyl groups excluding tert-OH is 1. The number of nitrogens with zero attached hydrogens (tertiary/aromatic N) is 2. The summed E-state index contributed by atoms with van der Waals surface area (Å²) in [5.74, 6) is -1.54. The van der Waals surface area contributed by atoms with Crippen molar-refractivity contribution in [2.24, 2.45) is 5.73 Å². The minimum atomic E-state index is -0.840. The van der Waals surface area contributed by atoms with Gasteiger partial charge in [-0.25, -0.2) is 13.8 Å². The van der Waals surface area contributed by atoms with Crippen molar-refractivity contribution in [3.63, 3.8) is 0 Å². The van der Waals surface area contributed by atoms with Crippen LogP contribution in [-0.4, -0.2) is 39.6 Å². The molecule has 0 spiro atoms. The highest BCUT2D eigenvalue weighted by Gasteiger charge is 2.29. The Labute approximate surface area is 208 Å². The van der Waals surface area contributed by atoms with Crippen LogP contribution in [-0.2, 0) is 6.42 Å². The maximum atomic E-state index is 14.8. The lowest BCUT2D eigenvalue weighted by molar-refractivity contribution is 0.0977. The van der Waals surface area contributed by atoms with Crippen LogP contribution < -0.4 is 16.2 Å². The van der Waals surface area contributed by atoms with E-state index in [9.17, 15) is 18.7 Å². The molecular formula is C27H30F2N4O3. The molecule has 9 heteroatoms. The molecule has 190 valence electrons. The van der Waals surface area contributed by atoms with Crippen LogP contribution in [0.4, 0.5) is 14.5 Å². The molecule has 0 unspecified atom stereocenters. The van der Waals surface area contributed by atoms with Crippen LogP contribution in [0.2, 0.25) is 0 Å². The van der Waals surface area contributed by atoms with Crippen LogP contribution >= 0.6 is 0 Å². The molecule has 0 aliphatic heterocycles. The van der Waals surface area contributed by atoms with Gasteiger partial charge >= 0.3 is 0 Å². The van der Waals surface area contributed by atoms with Gasteiger partial charge in [-0.05, 0) is 67.0 Å². The molecule has 3 aromatic rings. The first kappa shape index (κ1) is 25.7. The van der Waals surface area contributed by atoms with Crippen LogP contribution in [0.15, 0.2) is 42.7 Å². The highest BCUT2D eigenvalue weighted by Crippen LogP contribution is 2.35. The van der Waals surface area contributed by atoms with Crippen LogP contribution in [0, 0.1) is 11.6 Å². The first-order chi connectivity index (χ1) is 17.3. The monoisotopic (exact) mass is 496 g/mol. The fraction of sp³-hybridized carbons (Fsp3) is 0.370. The number of Topliss-reactive ketones (excluding diaryl/α,β-unsaturated/α-hetero) is 1. The highest BCUT2D eigenvalue weighted by molar-refractivity contribution is 6.00. The third-order valence-corrected chi connectivity index (χ3v) is 6.53. The molecule has 1 fully saturated rings. The van der Waals surface area contributed by atoms with Crippen molar-refractivity contribution in [2.45, 2.75) is 57.1 Å². The topological polar surface area (TPSA) is 124 Å². The number of nitrogens with two attached hydrogens (primary N) is 2. The normalized spacial score (nSPS) is 19.8. The van der Waals surface area contributed by atoms with E-state index in [-0.39, 0.29) is 41.0 Å². The molecule has 0 saturated heterocycles. The van der Waals surface area contributed by atoms with Crippen molar-refractivity contribution in [3.05, 3.63) is 71.2 Å². The summed E-state index contributed by atoms with van der Waals surface area (Å²) in [7, 11) is 0. The number of aliphatic hydroxyl groups is 1. The summed E-state index contributed by atoms with van der Waals surface area (Å²) >= 11 is 0. The average Bonchev–Trinajstić information content (AvgIpc) is 2.86. The Bertz CT molecular complexity index is 1250. The number of carbonyl (C=O) groups excluding carboxylic acids is 1. The SMILES string of the molecule is CCCOc1ccc(F)c(-c2nc(C(=O)Cc3cnccc3[C@@H]3CC[C@H](O)[C@H](N)C3)c(N)cc2F)c1. The number of ether oxygens (including phenoxy) is 1. The van der Waals surface area contributed by atoms with Crippen LogP contribution in [0.1, 0.15) is 60.1 Å². The van der Waals surface area contributed by atoms with Crippen LogP contribution in [0.5, 0.6) is 5.75 Å². The summed E-state index contributed by atoms with van der Waals surface area (Å²) in [5, 5.41) is 9.98. The fourth-order valence-electron chi connectivity index (χ4n) is 4.62. The summed E-state index contributed by atoms with van der Waals surface area (Å²) in [4.78, 5) is 21.6. The van der Waals surface area contributed by atoms with Gasteiger partial charge in [-0.15, -0.1) is 0 Å². The number of hydrogen-bond acceptors (Lipinski definition) is 7. The minimum absolute atomic E-state index is 0.0676. The molecule has 1 aliphatic carbocycles. The van der Waals surface area contributed by atoms with Crippen LogP contribution in [0.25, 0.3) is 11.3 Å². The first-order valence-corrected chi connectivity index (χ1v) is 12.1. The predicted molar refractivity (Wildman–Crippen MR) is 133 cm³/mol. The number of hydrogen-bond donors (Lipinski definition) is 3. The number of aromatic nitrogens is 2. The van der Waals surface area contributed by atoms with E-state index in [1.165, 1.54) is 18.2 Å². The Morgan fingerprint density at radius 1 is 1.19 bits per heavy atom. The van der Waals surface area contributed by atoms with Gasteiger partial charge in [-0.3, -0.25) is 9.78 Å². The molecule has 0 radical (unpaired) electrons. The molecular weight excluding hydrogens is 466 g/mol. The van der Waals surface area contributed by atoms with E-state index in [4.69, 9.17) is 16.2 Å². The summed E-state index contributed by atoms with van der Waals surface area (Å²) in [5.41, 5.74) is 12.9. The number of benzene rings is 1. The van der Waals surface area contributed by atoms with Gasteiger partial charge < -0.3 is 21.3 Å². The number of halogens is 2. The molecule has 1 saturated carbocycles. The van der Waals surface area contributed by atoms with E-state index >= 15 is 0 Å². The summed E-state index contributed by atoms with van der Waals surface area (Å²) in [6.45, 7) is 2.36. The summed E-state index contributed by atoms with van der Waals surface area (Å²) in [6, 6.07) is 6.48. The van der Waals surface area contributed by atoms with Crippen molar-refractivity contribution in [2.75, 3.05) is 12.3 Å². The lowest BCUT2D eigenvalue weighted by Gasteiger charge is -2.32. The van der Waals surface area contributed by atoms with Crippen molar-refractivity contribution in [1.29, 1.82) is 0 Å². The second kappa shape index (κ2) is 11.1. The molecule has 5 N–H and O–H groups in total. The maximum Gasteiger partial charge on any atom is 0.187 e. The molecule has 1 aliphatic rings. The molecule has 36 heavy (non-hydrogen) atoms. The Morgan fingerprint density at radius 3 is 2.75 bits per heavy atom. The standard InChI is InChI=1S/C27H30F2N4O3/c1-2-9-36-17-4-5-20(28)19(12-17)26-21(29)13-23(31)27(33-26)25(35)11-16-14-32-8-7-18(16)15-3-6-24(34)22(30)10-15/h4-5,7-8,12-15,22,24,34H,2-3,6,9-11,30-31H2,1H3/t15-,22-,24+/m1/s1. The van der Waals surface area contributed by atoms with E-state index in [1.54, 1.807) is 12.4 Å². The highest BCUT2D eigenvalue weighted by atomic mass is 19.1. The first-order valence-electron chi connectivity index (χ1n) is 12.1. The average molecular weight is 497 g/mol. The van der Waals surface area contributed by atoms with Gasteiger partial charge in [0.2, 0.25) is 0 Å². The van der Waals surface area contributed by atoms with Crippen molar-refractivity contribution >= 4 is 11.5 Å². The number of nitrogen functional groups attached to an aromatic ring is 1. The van der Waals surface area contributed by atoms with E-state index < -0.39 is 23.5 Å². The quantitative estimate of drug-likeness (QED) is 0.400. The van der Waals surface area contributed by atoms with Crippen molar-refractivity contribution in [1.82, 2.24) is 9.97 Å². The predicted octanol–water partition coefficient (Wildman–Crippen LogP) is 4.17.